The van der Waals surface area contributed by atoms with Crippen molar-refractivity contribution in [2.75, 3.05) is 13.7 Å². The van der Waals surface area contributed by atoms with Gasteiger partial charge in [0, 0.05) is 5.02 Å². The molecule has 1 aromatic rings. The molecule has 0 aliphatic carbocycles. The molecule has 0 unspecified atom stereocenters. The van der Waals surface area contributed by atoms with Crippen LogP contribution in [0.3, 0.4) is 0 Å². The molecule has 0 aromatic heterocycles. The van der Waals surface area contributed by atoms with Gasteiger partial charge in [-0.3, -0.25) is 14.5 Å². The second-order valence-corrected chi connectivity index (χ2v) is 7.96. The van der Waals surface area contributed by atoms with E-state index in [0.29, 0.717) is 10.6 Å². The Morgan fingerprint density at radius 3 is 2.67 bits per heavy atom. The molecule has 0 radical (unpaired) electrons. The lowest BCUT2D eigenvalue weighted by Crippen LogP contribution is -2.38. The minimum atomic E-state index is -0.911. The number of esters is 2. The molecule has 0 saturated carbocycles. The summed E-state index contributed by atoms with van der Waals surface area (Å²) in [5, 5.41) is 9.56. The van der Waals surface area contributed by atoms with Crippen molar-refractivity contribution >= 4 is 41.2 Å². The van der Waals surface area contributed by atoms with E-state index in [1.165, 1.54) is 7.11 Å². The molecule has 1 fully saturated rings. The summed E-state index contributed by atoms with van der Waals surface area (Å²) in [6.07, 6.45) is -0.206. The zero-order chi connectivity index (χ0) is 22.0. The summed E-state index contributed by atoms with van der Waals surface area (Å²) in [7, 11) is 1.22. The molecule has 0 bridgehead atoms. The normalized spacial score (nSPS) is 20.7. The molecule has 1 aromatic carbocycles. The smallest absolute Gasteiger partial charge is 0.337 e. The summed E-state index contributed by atoms with van der Waals surface area (Å²) in [6, 6.07) is 8.77. The highest BCUT2D eigenvalue weighted by Gasteiger charge is 2.49. The molecule has 2 heterocycles. The number of carbonyl (C=O) groups excluding carboxylic acids is 3. The van der Waals surface area contributed by atoms with E-state index in [1.54, 1.807) is 31.2 Å². The summed E-state index contributed by atoms with van der Waals surface area (Å²) in [5.41, 5.74) is 6.78. The first-order valence-electron chi connectivity index (χ1n) is 8.98. The summed E-state index contributed by atoms with van der Waals surface area (Å²) < 4.78 is 9.88. The van der Waals surface area contributed by atoms with Gasteiger partial charge >= 0.3 is 11.9 Å². The summed E-state index contributed by atoms with van der Waals surface area (Å²) in [5.74, 6) is -2.79. The van der Waals surface area contributed by atoms with Crippen molar-refractivity contribution in [3.63, 3.8) is 0 Å². The minimum Gasteiger partial charge on any atom is -0.469 e. The van der Waals surface area contributed by atoms with E-state index >= 15 is 0 Å². The number of amides is 1. The van der Waals surface area contributed by atoms with Gasteiger partial charge in [0.1, 0.15) is 11.1 Å². The molecule has 8 nitrogen and oxygen atoms in total. The molecule has 30 heavy (non-hydrogen) atoms. The molecule has 0 spiro atoms. The molecule has 2 N–H and O–H groups in total. The fourth-order valence-corrected chi connectivity index (χ4v) is 4.91. The predicted molar refractivity (Wildman–Crippen MR) is 110 cm³/mol. The van der Waals surface area contributed by atoms with Gasteiger partial charge in [0.2, 0.25) is 5.91 Å². The molecule has 2 aliphatic heterocycles. The van der Waals surface area contributed by atoms with Crippen LogP contribution < -0.4 is 5.73 Å². The van der Waals surface area contributed by atoms with Crippen molar-refractivity contribution in [3.8, 4) is 6.07 Å². The van der Waals surface area contributed by atoms with Gasteiger partial charge in [-0.15, -0.1) is 0 Å². The number of nitrogens with zero attached hydrogens (tertiary/aromatic N) is 2. The molecule has 1 amide bonds. The highest BCUT2D eigenvalue weighted by molar-refractivity contribution is 8.04. The maximum absolute atomic E-state index is 13.0. The maximum atomic E-state index is 13.0. The Morgan fingerprint density at radius 1 is 1.37 bits per heavy atom. The number of thioether (sulfide) groups is 1. The van der Waals surface area contributed by atoms with Gasteiger partial charge in [0.05, 0.1) is 48.3 Å². The molecule has 3 rings (SSSR count). The van der Waals surface area contributed by atoms with Crippen molar-refractivity contribution < 1.29 is 23.9 Å². The number of halogens is 1. The van der Waals surface area contributed by atoms with Gasteiger partial charge in [-0.1, -0.05) is 41.6 Å². The third kappa shape index (κ3) is 3.64. The number of hydrogen-bond acceptors (Lipinski definition) is 8. The minimum absolute atomic E-state index is 0.00238. The zero-order valence-electron chi connectivity index (χ0n) is 16.2. The van der Waals surface area contributed by atoms with Gasteiger partial charge in [-0.2, -0.15) is 5.26 Å². The maximum Gasteiger partial charge on any atom is 0.337 e. The van der Waals surface area contributed by atoms with Crippen LogP contribution in [-0.2, 0) is 23.9 Å². The fraction of sp³-hybridized carbons (Fsp3) is 0.300. The Labute approximate surface area is 182 Å². The Bertz CT molecular complexity index is 1030. The van der Waals surface area contributed by atoms with Crippen LogP contribution in [0.1, 0.15) is 24.8 Å². The van der Waals surface area contributed by atoms with Gasteiger partial charge < -0.3 is 15.2 Å². The lowest BCUT2D eigenvalue weighted by molar-refractivity contribution is -0.142. The van der Waals surface area contributed by atoms with Crippen LogP contribution >= 0.6 is 23.4 Å². The van der Waals surface area contributed by atoms with Crippen molar-refractivity contribution in [2.45, 2.75) is 24.5 Å². The number of methoxy groups -OCH3 is 1. The molecule has 156 valence electrons. The number of ether oxygens (including phenoxy) is 2. The van der Waals surface area contributed by atoms with Gasteiger partial charge in [0.15, 0.2) is 0 Å². The number of nitriles is 1. The fourth-order valence-electron chi connectivity index (χ4n) is 3.35. The van der Waals surface area contributed by atoms with Gasteiger partial charge in [-0.25, -0.2) is 4.79 Å². The van der Waals surface area contributed by atoms with Crippen LogP contribution in [0.15, 0.2) is 46.3 Å². The standard InChI is InChI=1S/C20H18ClN3O5S/c1-3-29-20(27)16-15(10-6-4-5-7-12(10)21)11(9-22)17(23)24-18(26)13(30-19(16)24)8-14(25)28-2/h4-7,13,15H,3,8,23H2,1-2H3/t13-,15-/m1/s1. The second kappa shape index (κ2) is 8.81. The van der Waals surface area contributed by atoms with E-state index in [9.17, 15) is 19.6 Å². The Morgan fingerprint density at radius 2 is 2.07 bits per heavy atom. The largest absolute Gasteiger partial charge is 0.469 e. The summed E-state index contributed by atoms with van der Waals surface area (Å²) in [4.78, 5) is 38.8. The number of rotatable bonds is 5. The van der Waals surface area contributed by atoms with E-state index in [0.717, 1.165) is 16.7 Å². The first kappa shape index (κ1) is 21.7. The van der Waals surface area contributed by atoms with Crippen LogP contribution in [-0.4, -0.2) is 41.7 Å². The second-order valence-electron chi connectivity index (χ2n) is 6.36. The van der Waals surface area contributed by atoms with Crippen LogP contribution in [0.2, 0.25) is 5.02 Å². The number of benzene rings is 1. The predicted octanol–water partition coefficient (Wildman–Crippen LogP) is 2.41. The number of allylic oxidation sites excluding steroid dienone is 1. The summed E-state index contributed by atoms with van der Waals surface area (Å²) in [6.45, 7) is 1.74. The van der Waals surface area contributed by atoms with Crippen molar-refractivity contribution in [1.29, 1.82) is 5.26 Å². The van der Waals surface area contributed by atoms with Crippen molar-refractivity contribution in [2.24, 2.45) is 5.73 Å². The molecular weight excluding hydrogens is 430 g/mol. The van der Waals surface area contributed by atoms with Crippen LogP contribution in [0.25, 0.3) is 0 Å². The Hall–Kier alpha value is -2.96. The lowest BCUT2D eigenvalue weighted by atomic mass is 9.83. The number of carbonyl (C=O) groups is 3. The van der Waals surface area contributed by atoms with Crippen LogP contribution in [0.4, 0.5) is 0 Å². The van der Waals surface area contributed by atoms with E-state index in [1.807, 2.05) is 6.07 Å². The third-order valence-electron chi connectivity index (χ3n) is 4.69. The molecular formula is C20H18ClN3O5S. The summed E-state index contributed by atoms with van der Waals surface area (Å²) >= 11 is 7.38. The van der Waals surface area contributed by atoms with E-state index < -0.39 is 29.0 Å². The highest BCUT2D eigenvalue weighted by Crippen LogP contribution is 2.50. The van der Waals surface area contributed by atoms with E-state index in [2.05, 4.69) is 4.74 Å². The monoisotopic (exact) mass is 447 g/mol. The lowest BCUT2D eigenvalue weighted by Gasteiger charge is -2.31. The average Bonchev–Trinajstić information content (AvgIpc) is 3.04. The van der Waals surface area contributed by atoms with Crippen molar-refractivity contribution in [3.05, 3.63) is 56.8 Å². The SMILES string of the molecule is CCOC(=O)C1=C2S[C@H](CC(=O)OC)C(=O)N2C(N)=C(C#N)[C@H]1c1ccccc1Cl. The first-order valence-corrected chi connectivity index (χ1v) is 10.2. The van der Waals surface area contributed by atoms with Gasteiger partial charge in [-0.05, 0) is 18.6 Å². The Balaban J connectivity index is 2.23. The number of hydrogen-bond donors (Lipinski definition) is 1. The molecule has 10 heteroatoms. The number of nitrogens with two attached hydrogens (primary N) is 1. The third-order valence-corrected chi connectivity index (χ3v) is 6.31. The first-order chi connectivity index (χ1) is 14.3. The molecule has 1 saturated heterocycles. The highest BCUT2D eigenvalue weighted by atomic mass is 35.5. The number of fused-ring (bicyclic) bond motifs is 1. The average molecular weight is 448 g/mol. The Kier molecular flexibility index (Phi) is 6.39. The van der Waals surface area contributed by atoms with Crippen LogP contribution in [0.5, 0.6) is 0 Å². The quantitative estimate of drug-likeness (QED) is 0.682. The molecule has 2 aliphatic rings. The zero-order valence-corrected chi connectivity index (χ0v) is 17.7. The van der Waals surface area contributed by atoms with Crippen LogP contribution in [0, 0.1) is 11.3 Å². The van der Waals surface area contributed by atoms with E-state index in [4.69, 9.17) is 22.1 Å². The van der Waals surface area contributed by atoms with Crippen molar-refractivity contribution in [1.82, 2.24) is 4.90 Å². The topological polar surface area (TPSA) is 123 Å². The van der Waals surface area contributed by atoms with E-state index in [-0.39, 0.29) is 35.0 Å². The molecule has 2 atom stereocenters. The van der Waals surface area contributed by atoms with Gasteiger partial charge in [0.25, 0.3) is 0 Å².